The van der Waals surface area contributed by atoms with Gasteiger partial charge in [0.1, 0.15) is 6.29 Å². The molecule has 1 aromatic carbocycles. The first kappa shape index (κ1) is 10.2. The van der Waals surface area contributed by atoms with Gasteiger partial charge in [-0.2, -0.15) is 0 Å². The van der Waals surface area contributed by atoms with Gasteiger partial charge in [-0.3, -0.25) is 4.79 Å². The Kier molecular flexibility index (Phi) is 3.06. The van der Waals surface area contributed by atoms with Crippen LogP contribution in [0.1, 0.15) is 15.9 Å². The van der Waals surface area contributed by atoms with Crippen molar-refractivity contribution in [1.82, 2.24) is 0 Å². The van der Waals surface area contributed by atoms with Gasteiger partial charge in [-0.1, -0.05) is 24.3 Å². The number of rotatable bonds is 3. The standard InChI is InChI=1S/C8H7ClO3S/c9-13(11,12)6-8-4-2-1-3-7(8)5-10/h1-5H,6H2. The molecular weight excluding hydrogens is 212 g/mol. The van der Waals surface area contributed by atoms with Crippen LogP contribution in [0.2, 0.25) is 0 Å². The first-order chi connectivity index (χ1) is 6.03. The molecule has 0 heterocycles. The van der Waals surface area contributed by atoms with Crippen molar-refractivity contribution in [1.29, 1.82) is 0 Å². The summed E-state index contributed by atoms with van der Waals surface area (Å²) in [7, 11) is 1.46. The molecule has 1 rings (SSSR count). The Labute approximate surface area is 80.8 Å². The Hall–Kier alpha value is -0.870. The summed E-state index contributed by atoms with van der Waals surface area (Å²) in [4.78, 5) is 10.5. The van der Waals surface area contributed by atoms with Gasteiger partial charge in [-0.05, 0) is 5.56 Å². The molecular formula is C8H7ClO3S. The molecule has 0 saturated heterocycles. The molecule has 0 saturated carbocycles. The topological polar surface area (TPSA) is 51.2 Å². The van der Waals surface area contributed by atoms with Gasteiger partial charge in [0, 0.05) is 16.2 Å². The summed E-state index contributed by atoms with van der Waals surface area (Å²) in [6, 6.07) is 6.42. The molecule has 5 heteroatoms. The molecule has 0 bridgehead atoms. The monoisotopic (exact) mass is 218 g/mol. The number of aldehydes is 1. The average Bonchev–Trinajstić information content (AvgIpc) is 2.02. The Morgan fingerprint density at radius 1 is 1.31 bits per heavy atom. The van der Waals surface area contributed by atoms with E-state index in [0.29, 0.717) is 17.4 Å². The van der Waals surface area contributed by atoms with E-state index < -0.39 is 9.05 Å². The molecule has 1 aromatic rings. The molecule has 0 amide bonds. The van der Waals surface area contributed by atoms with Crippen molar-refractivity contribution in [3.63, 3.8) is 0 Å². The third kappa shape index (κ3) is 3.16. The largest absolute Gasteiger partial charge is 0.298 e. The van der Waals surface area contributed by atoms with Crippen LogP contribution in [0.15, 0.2) is 24.3 Å². The van der Waals surface area contributed by atoms with Gasteiger partial charge in [0.15, 0.2) is 0 Å². The second-order valence-electron chi connectivity index (χ2n) is 2.50. The average molecular weight is 219 g/mol. The first-order valence-corrected chi connectivity index (χ1v) is 5.96. The minimum absolute atomic E-state index is 0.316. The van der Waals surface area contributed by atoms with Gasteiger partial charge in [-0.15, -0.1) is 0 Å². The lowest BCUT2D eigenvalue weighted by molar-refractivity contribution is 0.112. The summed E-state index contributed by atoms with van der Waals surface area (Å²) >= 11 is 0. The molecule has 3 nitrogen and oxygen atoms in total. The van der Waals surface area contributed by atoms with Gasteiger partial charge >= 0.3 is 0 Å². The molecule has 0 spiro atoms. The fourth-order valence-corrected chi connectivity index (χ4v) is 1.95. The van der Waals surface area contributed by atoms with E-state index >= 15 is 0 Å². The Morgan fingerprint density at radius 2 is 1.92 bits per heavy atom. The van der Waals surface area contributed by atoms with Crippen LogP contribution in [0.25, 0.3) is 0 Å². The summed E-state index contributed by atoms with van der Waals surface area (Å²) in [6.45, 7) is 0. The maximum absolute atomic E-state index is 10.7. The molecule has 0 aromatic heterocycles. The third-order valence-electron chi connectivity index (χ3n) is 1.51. The van der Waals surface area contributed by atoms with Crippen LogP contribution in [0.3, 0.4) is 0 Å². The van der Waals surface area contributed by atoms with Crippen molar-refractivity contribution in [3.8, 4) is 0 Å². The fraction of sp³-hybridized carbons (Fsp3) is 0.125. The number of hydrogen-bond acceptors (Lipinski definition) is 3. The number of hydrogen-bond donors (Lipinski definition) is 0. The highest BCUT2D eigenvalue weighted by Crippen LogP contribution is 2.12. The van der Waals surface area contributed by atoms with Gasteiger partial charge in [0.25, 0.3) is 0 Å². The van der Waals surface area contributed by atoms with Crippen LogP contribution in [0, 0.1) is 0 Å². The predicted octanol–water partition coefficient (Wildman–Crippen LogP) is 1.57. The van der Waals surface area contributed by atoms with Crippen molar-refractivity contribution in [2.45, 2.75) is 5.75 Å². The van der Waals surface area contributed by atoms with E-state index in [4.69, 9.17) is 10.7 Å². The van der Waals surface area contributed by atoms with E-state index in [9.17, 15) is 13.2 Å². The summed E-state index contributed by atoms with van der Waals surface area (Å²) in [5, 5.41) is 0. The second kappa shape index (κ2) is 3.89. The highest BCUT2D eigenvalue weighted by atomic mass is 35.7. The highest BCUT2D eigenvalue weighted by molar-refractivity contribution is 8.13. The van der Waals surface area contributed by atoms with Crippen LogP contribution in [-0.2, 0) is 14.8 Å². The van der Waals surface area contributed by atoms with Crippen molar-refractivity contribution in [3.05, 3.63) is 35.4 Å². The minimum Gasteiger partial charge on any atom is -0.298 e. The SMILES string of the molecule is O=Cc1ccccc1CS(=O)(=O)Cl. The zero-order valence-corrected chi connectivity index (χ0v) is 8.18. The Balaban J connectivity index is 3.08. The second-order valence-corrected chi connectivity index (χ2v) is 5.28. The van der Waals surface area contributed by atoms with E-state index in [-0.39, 0.29) is 5.75 Å². The lowest BCUT2D eigenvalue weighted by Crippen LogP contribution is -1.98. The van der Waals surface area contributed by atoms with Gasteiger partial charge in [0.2, 0.25) is 9.05 Å². The molecule has 0 aliphatic heterocycles. The minimum atomic E-state index is -3.60. The first-order valence-electron chi connectivity index (χ1n) is 3.48. The number of carbonyl (C=O) groups is 1. The smallest absolute Gasteiger partial charge is 0.236 e. The molecule has 0 N–H and O–H groups in total. The summed E-state index contributed by atoms with van der Waals surface area (Å²) in [5.41, 5.74) is 0.777. The van der Waals surface area contributed by atoms with E-state index in [1.54, 1.807) is 24.3 Å². The predicted molar refractivity (Wildman–Crippen MR) is 50.3 cm³/mol. The van der Waals surface area contributed by atoms with Crippen molar-refractivity contribution in [2.75, 3.05) is 0 Å². The van der Waals surface area contributed by atoms with Gasteiger partial charge in [-0.25, -0.2) is 8.42 Å². The van der Waals surface area contributed by atoms with Crippen molar-refractivity contribution < 1.29 is 13.2 Å². The molecule has 0 unspecified atom stereocenters. The number of benzene rings is 1. The maximum atomic E-state index is 10.7. The maximum Gasteiger partial charge on any atom is 0.236 e. The van der Waals surface area contributed by atoms with Crippen molar-refractivity contribution in [2.24, 2.45) is 0 Å². The summed E-state index contributed by atoms with van der Waals surface area (Å²) < 4.78 is 21.4. The van der Waals surface area contributed by atoms with Crippen LogP contribution in [0.5, 0.6) is 0 Å². The Morgan fingerprint density at radius 3 is 2.46 bits per heavy atom. The van der Waals surface area contributed by atoms with E-state index in [1.165, 1.54) is 0 Å². The molecule has 0 fully saturated rings. The number of carbonyl (C=O) groups excluding carboxylic acids is 1. The molecule has 0 radical (unpaired) electrons. The van der Waals surface area contributed by atoms with Crippen LogP contribution < -0.4 is 0 Å². The zero-order chi connectivity index (χ0) is 9.90. The molecule has 0 aliphatic carbocycles. The van der Waals surface area contributed by atoms with Crippen LogP contribution >= 0.6 is 10.7 Å². The van der Waals surface area contributed by atoms with Crippen LogP contribution in [-0.4, -0.2) is 14.7 Å². The molecule has 70 valence electrons. The number of halogens is 1. The highest BCUT2D eigenvalue weighted by Gasteiger charge is 2.09. The van der Waals surface area contributed by atoms with Crippen LogP contribution in [0.4, 0.5) is 0 Å². The fourth-order valence-electron chi connectivity index (χ4n) is 0.966. The summed E-state index contributed by atoms with van der Waals surface area (Å²) in [6.07, 6.45) is 0.609. The van der Waals surface area contributed by atoms with E-state index in [0.717, 1.165) is 0 Å². The van der Waals surface area contributed by atoms with E-state index in [1.807, 2.05) is 0 Å². The third-order valence-corrected chi connectivity index (χ3v) is 2.49. The van der Waals surface area contributed by atoms with Crippen molar-refractivity contribution >= 4 is 26.0 Å². The Bertz CT molecular complexity index is 411. The zero-order valence-electron chi connectivity index (χ0n) is 6.60. The summed E-state index contributed by atoms with van der Waals surface area (Å²) in [5.74, 6) is -0.316. The molecule has 0 atom stereocenters. The van der Waals surface area contributed by atoms with E-state index in [2.05, 4.69) is 0 Å². The lowest BCUT2D eigenvalue weighted by Gasteiger charge is -2.00. The molecule has 13 heavy (non-hydrogen) atoms. The molecule has 0 aliphatic rings. The van der Waals surface area contributed by atoms with Gasteiger partial charge < -0.3 is 0 Å². The van der Waals surface area contributed by atoms with Gasteiger partial charge in [0.05, 0.1) is 5.75 Å². The normalized spacial score (nSPS) is 11.2. The lowest BCUT2D eigenvalue weighted by atomic mass is 10.1. The quantitative estimate of drug-likeness (QED) is 0.572.